The number of fused-ring (bicyclic) bond motifs is 2. The number of benzene rings is 2. The molecule has 1 aromatic heterocycles. The van der Waals surface area contributed by atoms with E-state index in [9.17, 15) is 14.9 Å². The van der Waals surface area contributed by atoms with Crippen molar-refractivity contribution in [2.24, 2.45) is 0 Å². The van der Waals surface area contributed by atoms with Gasteiger partial charge >= 0.3 is 5.97 Å². The summed E-state index contributed by atoms with van der Waals surface area (Å²) >= 11 is 0. The van der Waals surface area contributed by atoms with Crippen LogP contribution in [0.4, 0.5) is 17.1 Å². The van der Waals surface area contributed by atoms with Gasteiger partial charge in [0.1, 0.15) is 11.2 Å². The summed E-state index contributed by atoms with van der Waals surface area (Å²) in [6, 6.07) is 9.86. The molecular weight excluding hydrogens is 354 g/mol. The predicted octanol–water partition coefficient (Wildman–Crippen LogP) is 3.73. The highest BCUT2D eigenvalue weighted by Crippen LogP contribution is 2.37. The van der Waals surface area contributed by atoms with Crippen LogP contribution in [0, 0.1) is 10.1 Å². The van der Waals surface area contributed by atoms with E-state index in [1.165, 1.54) is 12.1 Å². The maximum absolute atomic E-state index is 12.0. The number of hydrogen-bond acceptors (Lipinski definition) is 7. The Morgan fingerprint density at radius 1 is 1.26 bits per heavy atom. The molecule has 0 radical (unpaired) electrons. The Balaban J connectivity index is 1.77. The second-order valence-corrected chi connectivity index (χ2v) is 5.77. The second-order valence-electron chi connectivity index (χ2n) is 5.77. The zero-order valence-electron chi connectivity index (χ0n) is 14.3. The van der Waals surface area contributed by atoms with Gasteiger partial charge < -0.3 is 24.5 Å². The van der Waals surface area contributed by atoms with Gasteiger partial charge in [-0.15, -0.1) is 0 Å². The topological polar surface area (TPSA) is 116 Å². The summed E-state index contributed by atoms with van der Waals surface area (Å²) < 4.78 is 15.6. The highest BCUT2D eigenvalue weighted by Gasteiger charge is 2.21. The van der Waals surface area contributed by atoms with E-state index in [2.05, 4.69) is 10.3 Å². The van der Waals surface area contributed by atoms with E-state index >= 15 is 0 Å². The number of aromatic nitrogens is 1. The number of anilines is 2. The summed E-state index contributed by atoms with van der Waals surface area (Å²) in [5.74, 6) is 0.692. The number of ether oxygens (including phenoxy) is 3. The van der Waals surface area contributed by atoms with Gasteiger partial charge in [0.15, 0.2) is 11.5 Å². The third-order valence-electron chi connectivity index (χ3n) is 4.12. The minimum Gasteiger partial charge on any atom is -0.461 e. The van der Waals surface area contributed by atoms with E-state index in [0.29, 0.717) is 28.3 Å². The quantitative estimate of drug-likeness (QED) is 0.400. The van der Waals surface area contributed by atoms with Crippen LogP contribution in [0.2, 0.25) is 0 Å². The van der Waals surface area contributed by atoms with Gasteiger partial charge in [-0.3, -0.25) is 10.1 Å². The van der Waals surface area contributed by atoms with Gasteiger partial charge in [-0.05, 0) is 31.2 Å². The molecule has 0 spiro atoms. The molecule has 0 bridgehead atoms. The monoisotopic (exact) mass is 369 g/mol. The van der Waals surface area contributed by atoms with Crippen LogP contribution in [0.1, 0.15) is 17.4 Å². The Bertz CT molecular complexity index is 1060. The fourth-order valence-electron chi connectivity index (χ4n) is 2.91. The normalized spacial score (nSPS) is 12.2. The van der Waals surface area contributed by atoms with E-state index in [0.717, 1.165) is 0 Å². The zero-order valence-corrected chi connectivity index (χ0v) is 14.3. The molecule has 0 fully saturated rings. The molecule has 0 aliphatic carbocycles. The van der Waals surface area contributed by atoms with Gasteiger partial charge in [0.25, 0.3) is 5.69 Å². The van der Waals surface area contributed by atoms with Crippen LogP contribution in [0.25, 0.3) is 10.9 Å². The fraction of sp³-hybridized carbons (Fsp3) is 0.167. The highest BCUT2D eigenvalue weighted by atomic mass is 16.7. The molecule has 0 unspecified atom stereocenters. The molecule has 0 amide bonds. The van der Waals surface area contributed by atoms with Crippen molar-refractivity contribution < 1.29 is 23.9 Å². The van der Waals surface area contributed by atoms with Crippen molar-refractivity contribution in [1.29, 1.82) is 0 Å². The van der Waals surface area contributed by atoms with Crippen LogP contribution in [0.3, 0.4) is 0 Å². The molecule has 2 aromatic carbocycles. The fourth-order valence-corrected chi connectivity index (χ4v) is 2.91. The summed E-state index contributed by atoms with van der Waals surface area (Å²) in [5, 5.41) is 15.0. The number of carbonyl (C=O) groups excluding carboxylic acids is 1. The first-order valence-corrected chi connectivity index (χ1v) is 8.20. The van der Waals surface area contributed by atoms with Crippen molar-refractivity contribution in [3.05, 3.63) is 52.2 Å². The van der Waals surface area contributed by atoms with Crippen molar-refractivity contribution in [2.75, 3.05) is 18.7 Å². The van der Waals surface area contributed by atoms with Crippen LogP contribution in [0.15, 0.2) is 36.4 Å². The van der Waals surface area contributed by atoms with Gasteiger partial charge in [0.2, 0.25) is 6.79 Å². The van der Waals surface area contributed by atoms with Crippen molar-refractivity contribution in [2.45, 2.75) is 6.92 Å². The first kappa shape index (κ1) is 16.7. The molecule has 9 nitrogen and oxygen atoms in total. The van der Waals surface area contributed by atoms with Crippen LogP contribution in [0.5, 0.6) is 11.5 Å². The Morgan fingerprint density at radius 3 is 2.85 bits per heavy atom. The molecule has 1 aliphatic rings. The van der Waals surface area contributed by atoms with E-state index in [-0.39, 0.29) is 30.3 Å². The number of nitro groups is 1. The third-order valence-corrected chi connectivity index (χ3v) is 4.12. The number of H-pyrrole nitrogens is 1. The lowest BCUT2D eigenvalue weighted by Gasteiger charge is -2.09. The summed E-state index contributed by atoms with van der Waals surface area (Å²) in [4.78, 5) is 25.6. The standard InChI is InChI=1S/C18H15N3O6/c1-2-25-18(22)13-8-11-12(4-5-14(21(23)24)17(11)20-13)19-10-3-6-15-16(7-10)27-9-26-15/h3-8,19-20H,2,9H2,1H3. The first-order valence-electron chi connectivity index (χ1n) is 8.20. The number of aromatic amines is 1. The molecule has 9 heteroatoms. The molecular formula is C18H15N3O6. The molecule has 2 N–H and O–H groups in total. The number of nitrogens with one attached hydrogen (secondary N) is 2. The molecule has 138 valence electrons. The van der Waals surface area contributed by atoms with Crippen LogP contribution < -0.4 is 14.8 Å². The predicted molar refractivity (Wildman–Crippen MR) is 96.8 cm³/mol. The van der Waals surface area contributed by atoms with Crippen molar-refractivity contribution >= 4 is 33.9 Å². The maximum Gasteiger partial charge on any atom is 0.354 e. The smallest absolute Gasteiger partial charge is 0.354 e. The summed E-state index contributed by atoms with van der Waals surface area (Å²) in [5.41, 5.74) is 1.58. The molecule has 27 heavy (non-hydrogen) atoms. The number of nitrogens with zero attached hydrogens (tertiary/aromatic N) is 1. The molecule has 3 aromatic rings. The molecule has 2 heterocycles. The van der Waals surface area contributed by atoms with E-state index in [4.69, 9.17) is 14.2 Å². The van der Waals surface area contributed by atoms with Crippen LogP contribution >= 0.6 is 0 Å². The summed E-state index contributed by atoms with van der Waals surface area (Å²) in [7, 11) is 0. The first-order chi connectivity index (χ1) is 13.1. The second kappa shape index (κ2) is 6.52. The Hall–Kier alpha value is -3.75. The minimum absolute atomic E-state index is 0.128. The number of rotatable bonds is 5. The highest BCUT2D eigenvalue weighted by molar-refractivity contribution is 6.04. The van der Waals surface area contributed by atoms with Gasteiger partial charge in [0.05, 0.1) is 11.5 Å². The van der Waals surface area contributed by atoms with Crippen molar-refractivity contribution in [1.82, 2.24) is 4.98 Å². The lowest BCUT2D eigenvalue weighted by atomic mass is 10.1. The molecule has 1 aliphatic heterocycles. The van der Waals surface area contributed by atoms with Crippen LogP contribution in [-0.4, -0.2) is 29.3 Å². The largest absolute Gasteiger partial charge is 0.461 e. The Morgan fingerprint density at radius 2 is 2.07 bits per heavy atom. The SMILES string of the molecule is CCOC(=O)c1cc2c(Nc3ccc4c(c3)OCO4)ccc([N+](=O)[O-])c2[nH]1. The number of carbonyl (C=O) groups is 1. The summed E-state index contributed by atoms with van der Waals surface area (Å²) in [6.45, 7) is 2.06. The van der Waals surface area contributed by atoms with Gasteiger partial charge in [-0.2, -0.15) is 0 Å². The molecule has 0 atom stereocenters. The average molecular weight is 369 g/mol. The molecule has 0 saturated heterocycles. The third kappa shape index (κ3) is 2.99. The molecule has 0 saturated carbocycles. The molecule has 4 rings (SSSR count). The van der Waals surface area contributed by atoms with Gasteiger partial charge in [-0.1, -0.05) is 0 Å². The zero-order chi connectivity index (χ0) is 19.0. The van der Waals surface area contributed by atoms with E-state index < -0.39 is 10.9 Å². The maximum atomic E-state index is 12.0. The number of nitro benzene ring substituents is 1. The number of esters is 1. The Labute approximate surface area is 153 Å². The lowest BCUT2D eigenvalue weighted by molar-refractivity contribution is -0.383. The van der Waals surface area contributed by atoms with Crippen LogP contribution in [-0.2, 0) is 4.74 Å². The average Bonchev–Trinajstić information content (AvgIpc) is 3.28. The van der Waals surface area contributed by atoms with E-state index in [1.54, 1.807) is 31.2 Å². The van der Waals surface area contributed by atoms with E-state index in [1.807, 2.05) is 0 Å². The van der Waals surface area contributed by atoms with Gasteiger partial charge in [-0.25, -0.2) is 4.79 Å². The number of hydrogen-bond donors (Lipinski definition) is 2. The summed E-state index contributed by atoms with van der Waals surface area (Å²) in [6.07, 6.45) is 0. The Kier molecular flexibility index (Phi) is 4.03. The van der Waals surface area contributed by atoms with Crippen molar-refractivity contribution in [3.63, 3.8) is 0 Å². The lowest BCUT2D eigenvalue weighted by Crippen LogP contribution is -2.04. The minimum atomic E-state index is -0.572. The van der Waals surface area contributed by atoms with Crippen molar-refractivity contribution in [3.8, 4) is 11.5 Å². The van der Waals surface area contributed by atoms with Gasteiger partial charge in [0, 0.05) is 28.9 Å². The number of non-ortho nitro benzene ring substituents is 1.